The second-order valence-corrected chi connectivity index (χ2v) is 7.87. The lowest BCUT2D eigenvalue weighted by atomic mass is 10.0. The van der Waals surface area contributed by atoms with Crippen molar-refractivity contribution in [1.29, 1.82) is 0 Å². The summed E-state index contributed by atoms with van der Waals surface area (Å²) in [6, 6.07) is 12.5. The van der Waals surface area contributed by atoms with Gasteiger partial charge in [0.2, 0.25) is 5.91 Å². The molecule has 0 fully saturated rings. The highest BCUT2D eigenvalue weighted by molar-refractivity contribution is 5.80. The third kappa shape index (κ3) is 3.59. The molecule has 0 unspecified atom stereocenters. The normalized spacial score (nSPS) is 13.7. The largest absolute Gasteiger partial charge is 0.331 e. The Morgan fingerprint density at radius 1 is 1.04 bits per heavy atom. The smallest absolute Gasteiger partial charge is 0.227 e. The number of aromatic nitrogens is 4. The van der Waals surface area contributed by atoms with E-state index >= 15 is 0 Å². The van der Waals surface area contributed by atoms with Gasteiger partial charge in [-0.2, -0.15) is 10.2 Å². The Kier molecular flexibility index (Phi) is 4.79. The average molecular weight is 377 g/mol. The number of hydrogen-bond acceptors (Lipinski definition) is 3. The van der Waals surface area contributed by atoms with Crippen molar-refractivity contribution in [3.8, 4) is 0 Å². The molecule has 3 aromatic rings. The SMILES string of the molecule is Cc1cc(CN(Cc2cc(C)n(C)n2)C(=O)C2Cc3ccccc3C2)n(C)n1. The van der Waals surface area contributed by atoms with Gasteiger partial charge in [-0.05, 0) is 49.9 Å². The highest BCUT2D eigenvalue weighted by Gasteiger charge is 2.31. The molecule has 1 aromatic carbocycles. The number of rotatable bonds is 5. The number of amides is 1. The first kappa shape index (κ1) is 18.5. The van der Waals surface area contributed by atoms with Crippen LogP contribution in [0.1, 0.15) is 33.9 Å². The Morgan fingerprint density at radius 3 is 2.25 bits per heavy atom. The van der Waals surface area contributed by atoms with Crippen molar-refractivity contribution in [1.82, 2.24) is 24.5 Å². The molecule has 0 saturated carbocycles. The monoisotopic (exact) mass is 377 g/mol. The Balaban J connectivity index is 1.58. The Bertz CT molecular complexity index is 971. The maximum atomic E-state index is 13.5. The predicted octanol–water partition coefficient (Wildman–Crippen LogP) is 2.71. The molecule has 0 radical (unpaired) electrons. The molecule has 0 saturated heterocycles. The predicted molar refractivity (Wildman–Crippen MR) is 107 cm³/mol. The van der Waals surface area contributed by atoms with Crippen LogP contribution in [0.15, 0.2) is 36.4 Å². The summed E-state index contributed by atoms with van der Waals surface area (Å²) in [5.41, 5.74) is 6.60. The zero-order valence-corrected chi connectivity index (χ0v) is 17.0. The van der Waals surface area contributed by atoms with Crippen molar-refractivity contribution in [2.75, 3.05) is 0 Å². The van der Waals surface area contributed by atoms with Gasteiger partial charge in [-0.15, -0.1) is 0 Å². The quantitative estimate of drug-likeness (QED) is 0.687. The molecule has 2 aromatic heterocycles. The van der Waals surface area contributed by atoms with Crippen LogP contribution in [0, 0.1) is 19.8 Å². The van der Waals surface area contributed by atoms with Gasteiger partial charge in [0.15, 0.2) is 0 Å². The highest BCUT2D eigenvalue weighted by Crippen LogP contribution is 2.29. The van der Waals surface area contributed by atoms with Gasteiger partial charge < -0.3 is 4.90 Å². The van der Waals surface area contributed by atoms with Crippen LogP contribution in [0.4, 0.5) is 0 Å². The van der Waals surface area contributed by atoms with E-state index in [2.05, 4.69) is 40.5 Å². The van der Waals surface area contributed by atoms with E-state index in [4.69, 9.17) is 0 Å². The molecule has 6 nitrogen and oxygen atoms in total. The van der Waals surface area contributed by atoms with Crippen LogP contribution < -0.4 is 0 Å². The summed E-state index contributed by atoms with van der Waals surface area (Å²) in [5, 5.41) is 9.01. The van der Waals surface area contributed by atoms with Crippen molar-refractivity contribution >= 4 is 5.91 Å². The van der Waals surface area contributed by atoms with E-state index in [0.717, 1.165) is 35.6 Å². The molecular weight excluding hydrogens is 350 g/mol. The number of fused-ring (bicyclic) bond motifs is 1. The minimum absolute atomic E-state index is 0.00321. The Labute approximate surface area is 165 Å². The number of benzene rings is 1. The second kappa shape index (κ2) is 7.26. The highest BCUT2D eigenvalue weighted by atomic mass is 16.2. The van der Waals surface area contributed by atoms with Crippen LogP contribution in [0.25, 0.3) is 0 Å². The first-order valence-electron chi connectivity index (χ1n) is 9.75. The fourth-order valence-corrected chi connectivity index (χ4v) is 4.12. The van der Waals surface area contributed by atoms with Gasteiger partial charge in [-0.25, -0.2) is 0 Å². The summed E-state index contributed by atoms with van der Waals surface area (Å²) in [6.45, 7) is 5.06. The number of aryl methyl sites for hydroxylation is 4. The van der Waals surface area contributed by atoms with Gasteiger partial charge in [0.25, 0.3) is 0 Å². The summed E-state index contributed by atoms with van der Waals surface area (Å²) in [4.78, 5) is 15.4. The van der Waals surface area contributed by atoms with Gasteiger partial charge in [0, 0.05) is 25.7 Å². The van der Waals surface area contributed by atoms with E-state index in [-0.39, 0.29) is 11.8 Å². The molecule has 1 aliphatic rings. The Morgan fingerprint density at radius 2 is 1.71 bits per heavy atom. The molecule has 0 aliphatic heterocycles. The van der Waals surface area contributed by atoms with Crippen LogP contribution in [0.2, 0.25) is 0 Å². The summed E-state index contributed by atoms with van der Waals surface area (Å²) in [6.07, 6.45) is 1.63. The van der Waals surface area contributed by atoms with Crippen molar-refractivity contribution in [2.24, 2.45) is 20.0 Å². The van der Waals surface area contributed by atoms with E-state index in [9.17, 15) is 4.79 Å². The summed E-state index contributed by atoms with van der Waals surface area (Å²) < 4.78 is 3.72. The molecule has 1 amide bonds. The molecule has 146 valence electrons. The number of carbonyl (C=O) groups excluding carboxylic acids is 1. The van der Waals surface area contributed by atoms with E-state index < -0.39 is 0 Å². The van der Waals surface area contributed by atoms with Gasteiger partial charge in [0.05, 0.1) is 30.2 Å². The van der Waals surface area contributed by atoms with Crippen LogP contribution in [0.3, 0.4) is 0 Å². The standard InChI is InChI=1S/C22H27N5O/c1-15-9-21(26(4)23-15)14-27(13-20-10-16(2)25(3)24-20)22(28)19-11-17-7-5-6-8-18(17)12-19/h5-10,19H,11-14H2,1-4H3. The van der Waals surface area contributed by atoms with Crippen LogP contribution >= 0.6 is 0 Å². The molecule has 0 spiro atoms. The number of nitrogens with zero attached hydrogens (tertiary/aromatic N) is 5. The third-order valence-corrected chi connectivity index (χ3v) is 5.68. The molecule has 1 aliphatic carbocycles. The van der Waals surface area contributed by atoms with Crippen molar-refractivity contribution < 1.29 is 4.79 Å². The van der Waals surface area contributed by atoms with E-state index in [1.54, 1.807) is 0 Å². The van der Waals surface area contributed by atoms with Crippen LogP contribution in [-0.4, -0.2) is 30.4 Å². The summed E-state index contributed by atoms with van der Waals surface area (Å²) in [5.74, 6) is 0.190. The lowest BCUT2D eigenvalue weighted by molar-refractivity contribution is -0.136. The fraction of sp³-hybridized carbons (Fsp3) is 0.409. The topological polar surface area (TPSA) is 56.0 Å². The first-order valence-corrected chi connectivity index (χ1v) is 9.75. The van der Waals surface area contributed by atoms with E-state index in [0.29, 0.717) is 13.1 Å². The van der Waals surface area contributed by atoms with Crippen molar-refractivity contribution in [2.45, 2.75) is 39.8 Å². The molecule has 0 bridgehead atoms. The molecule has 28 heavy (non-hydrogen) atoms. The number of hydrogen-bond donors (Lipinski definition) is 0. The number of carbonyl (C=O) groups is 1. The van der Waals surface area contributed by atoms with Crippen molar-refractivity contribution in [3.63, 3.8) is 0 Å². The molecule has 6 heteroatoms. The lowest BCUT2D eigenvalue weighted by Gasteiger charge is -2.25. The first-order chi connectivity index (χ1) is 13.4. The summed E-state index contributed by atoms with van der Waals surface area (Å²) in [7, 11) is 3.87. The lowest BCUT2D eigenvalue weighted by Crippen LogP contribution is -2.36. The molecule has 0 N–H and O–H groups in total. The second-order valence-electron chi connectivity index (χ2n) is 7.87. The van der Waals surface area contributed by atoms with Crippen molar-refractivity contribution in [3.05, 3.63) is 70.3 Å². The molecule has 2 heterocycles. The third-order valence-electron chi connectivity index (χ3n) is 5.68. The minimum Gasteiger partial charge on any atom is -0.331 e. The Hall–Kier alpha value is -2.89. The van der Waals surface area contributed by atoms with Crippen LogP contribution in [-0.2, 0) is 44.8 Å². The fourth-order valence-electron chi connectivity index (χ4n) is 4.12. The van der Waals surface area contributed by atoms with Gasteiger partial charge in [-0.3, -0.25) is 14.2 Å². The van der Waals surface area contributed by atoms with E-state index in [1.807, 2.05) is 48.3 Å². The minimum atomic E-state index is -0.00321. The molecular formula is C22H27N5O. The zero-order chi connectivity index (χ0) is 19.8. The van der Waals surface area contributed by atoms with Gasteiger partial charge in [0.1, 0.15) is 0 Å². The van der Waals surface area contributed by atoms with Gasteiger partial charge >= 0.3 is 0 Å². The molecule has 0 atom stereocenters. The van der Waals surface area contributed by atoms with E-state index in [1.165, 1.54) is 11.1 Å². The zero-order valence-electron chi connectivity index (χ0n) is 17.0. The average Bonchev–Trinajstić information content (AvgIpc) is 3.31. The molecule has 4 rings (SSSR count). The maximum Gasteiger partial charge on any atom is 0.227 e. The summed E-state index contributed by atoms with van der Waals surface area (Å²) >= 11 is 0. The van der Waals surface area contributed by atoms with Crippen LogP contribution in [0.5, 0.6) is 0 Å². The van der Waals surface area contributed by atoms with Gasteiger partial charge in [-0.1, -0.05) is 24.3 Å². The maximum absolute atomic E-state index is 13.5.